The molecule has 0 radical (unpaired) electrons. The Bertz CT molecular complexity index is 355. The van der Waals surface area contributed by atoms with Gasteiger partial charge in [0.1, 0.15) is 0 Å². The first-order valence-corrected chi connectivity index (χ1v) is 7.89. The molecule has 0 fully saturated rings. The Morgan fingerprint density at radius 2 is 1.50 bits per heavy atom. The Balaban J connectivity index is 2.48. The van der Waals surface area contributed by atoms with Gasteiger partial charge in [0, 0.05) is 18.8 Å². The van der Waals surface area contributed by atoms with Crippen LogP contribution >= 0.6 is 0 Å². The Kier molecular flexibility index (Phi) is 8.52. The first kappa shape index (κ1) is 16.5. The van der Waals surface area contributed by atoms with E-state index in [1.54, 1.807) is 0 Å². The fraction of sp³-hybridized carbons (Fsp3) is 0.588. The number of unbranched alkanes of at least 4 members (excludes halogenated alkanes) is 4. The van der Waals surface area contributed by atoms with Gasteiger partial charge in [-0.05, 0) is 25.0 Å². The topological polar surface area (TPSA) is 32.3 Å². The number of carbonyl (C=O) groups is 1. The Hall–Kier alpha value is -1.51. The molecule has 1 aromatic carbocycles. The minimum absolute atomic E-state index is 0.0309. The molecule has 2 amide bonds. The first-order chi connectivity index (χ1) is 9.77. The molecule has 0 saturated carbocycles. The summed E-state index contributed by atoms with van der Waals surface area (Å²) in [7, 11) is 0. The van der Waals surface area contributed by atoms with E-state index in [2.05, 4.69) is 19.2 Å². The van der Waals surface area contributed by atoms with Crippen molar-refractivity contribution in [1.29, 1.82) is 0 Å². The van der Waals surface area contributed by atoms with E-state index in [0.717, 1.165) is 31.6 Å². The summed E-state index contributed by atoms with van der Waals surface area (Å²) in [6.07, 6.45) is 6.91. The van der Waals surface area contributed by atoms with Crippen molar-refractivity contribution >= 4 is 11.7 Å². The summed E-state index contributed by atoms with van der Waals surface area (Å²) in [6, 6.07) is 9.71. The molecule has 0 aliphatic heterocycles. The Labute approximate surface area is 123 Å². The highest BCUT2D eigenvalue weighted by molar-refractivity contribution is 5.89. The maximum atomic E-state index is 12.3. The summed E-state index contributed by atoms with van der Waals surface area (Å²) in [4.78, 5) is 14.3. The van der Waals surface area contributed by atoms with Crippen LogP contribution in [-0.2, 0) is 0 Å². The third kappa shape index (κ3) is 6.60. The number of nitrogens with zero attached hydrogens (tertiary/aromatic N) is 1. The van der Waals surface area contributed by atoms with Gasteiger partial charge in [-0.3, -0.25) is 0 Å². The molecule has 0 heterocycles. The van der Waals surface area contributed by atoms with Crippen molar-refractivity contribution in [2.24, 2.45) is 0 Å². The molecule has 0 spiro atoms. The molecule has 0 unspecified atom stereocenters. The average molecular weight is 276 g/mol. The predicted octanol–water partition coefficient (Wildman–Crippen LogP) is 4.90. The molecule has 1 rings (SSSR count). The maximum absolute atomic E-state index is 12.3. The van der Waals surface area contributed by atoms with Crippen LogP contribution < -0.4 is 5.32 Å². The van der Waals surface area contributed by atoms with E-state index in [-0.39, 0.29) is 6.03 Å². The first-order valence-electron chi connectivity index (χ1n) is 7.89. The number of anilines is 1. The van der Waals surface area contributed by atoms with Crippen LogP contribution in [0.2, 0.25) is 0 Å². The minimum atomic E-state index is 0.0309. The van der Waals surface area contributed by atoms with Gasteiger partial charge in [0.25, 0.3) is 0 Å². The smallest absolute Gasteiger partial charge is 0.321 e. The number of urea groups is 1. The number of amides is 2. The second-order valence-corrected chi connectivity index (χ2v) is 5.20. The number of rotatable bonds is 9. The fourth-order valence-corrected chi connectivity index (χ4v) is 2.14. The van der Waals surface area contributed by atoms with Crippen LogP contribution in [0.5, 0.6) is 0 Å². The molecule has 20 heavy (non-hydrogen) atoms. The van der Waals surface area contributed by atoms with Gasteiger partial charge in [-0.15, -0.1) is 0 Å². The quantitative estimate of drug-likeness (QED) is 0.639. The summed E-state index contributed by atoms with van der Waals surface area (Å²) in [6.45, 7) is 6.09. The van der Waals surface area contributed by atoms with Gasteiger partial charge >= 0.3 is 6.03 Å². The molecular weight excluding hydrogens is 248 g/mol. The van der Waals surface area contributed by atoms with Crippen molar-refractivity contribution < 1.29 is 4.79 Å². The molecule has 3 nitrogen and oxygen atoms in total. The second kappa shape index (κ2) is 10.3. The van der Waals surface area contributed by atoms with E-state index >= 15 is 0 Å². The van der Waals surface area contributed by atoms with Crippen LogP contribution in [0.15, 0.2) is 30.3 Å². The number of para-hydroxylation sites is 1. The van der Waals surface area contributed by atoms with Crippen LogP contribution in [0, 0.1) is 0 Å². The zero-order valence-corrected chi connectivity index (χ0v) is 12.9. The van der Waals surface area contributed by atoms with Gasteiger partial charge < -0.3 is 10.2 Å². The number of carbonyl (C=O) groups excluding carboxylic acids is 1. The van der Waals surface area contributed by atoms with Crippen LogP contribution in [0.1, 0.15) is 52.4 Å². The van der Waals surface area contributed by atoms with E-state index in [1.807, 2.05) is 35.2 Å². The van der Waals surface area contributed by atoms with E-state index in [9.17, 15) is 4.79 Å². The van der Waals surface area contributed by atoms with Gasteiger partial charge in [-0.1, -0.05) is 57.7 Å². The third-order valence-electron chi connectivity index (χ3n) is 3.38. The summed E-state index contributed by atoms with van der Waals surface area (Å²) in [5.74, 6) is 0. The van der Waals surface area contributed by atoms with Crippen LogP contribution in [0.3, 0.4) is 0 Å². The zero-order chi connectivity index (χ0) is 14.6. The lowest BCUT2D eigenvalue weighted by atomic mass is 10.2. The van der Waals surface area contributed by atoms with Crippen molar-refractivity contribution in [3.8, 4) is 0 Å². The van der Waals surface area contributed by atoms with Crippen LogP contribution in [0.4, 0.5) is 10.5 Å². The summed E-state index contributed by atoms with van der Waals surface area (Å²) in [5, 5.41) is 2.98. The molecular formula is C17H28N2O. The van der Waals surface area contributed by atoms with E-state index in [1.165, 1.54) is 25.7 Å². The number of benzene rings is 1. The minimum Gasteiger partial charge on any atom is -0.325 e. The van der Waals surface area contributed by atoms with Crippen molar-refractivity contribution in [2.75, 3.05) is 18.4 Å². The highest BCUT2D eigenvalue weighted by Gasteiger charge is 2.12. The lowest BCUT2D eigenvalue weighted by Crippen LogP contribution is -2.36. The zero-order valence-electron chi connectivity index (χ0n) is 12.9. The molecule has 0 saturated heterocycles. The van der Waals surface area contributed by atoms with Crippen molar-refractivity contribution in [3.63, 3.8) is 0 Å². The number of hydrogen-bond acceptors (Lipinski definition) is 1. The van der Waals surface area contributed by atoms with Gasteiger partial charge in [0.15, 0.2) is 0 Å². The van der Waals surface area contributed by atoms with Gasteiger partial charge in [0.2, 0.25) is 0 Å². The van der Waals surface area contributed by atoms with Crippen molar-refractivity contribution in [1.82, 2.24) is 4.90 Å². The molecule has 0 aromatic heterocycles. The Morgan fingerprint density at radius 3 is 2.00 bits per heavy atom. The van der Waals surface area contributed by atoms with E-state index in [0.29, 0.717) is 0 Å². The summed E-state index contributed by atoms with van der Waals surface area (Å²) in [5.41, 5.74) is 0.869. The molecule has 0 bridgehead atoms. The lowest BCUT2D eigenvalue weighted by Gasteiger charge is -2.23. The third-order valence-corrected chi connectivity index (χ3v) is 3.38. The lowest BCUT2D eigenvalue weighted by molar-refractivity contribution is 0.209. The van der Waals surface area contributed by atoms with E-state index in [4.69, 9.17) is 0 Å². The highest BCUT2D eigenvalue weighted by atomic mass is 16.2. The Morgan fingerprint density at radius 1 is 0.950 bits per heavy atom. The highest BCUT2D eigenvalue weighted by Crippen LogP contribution is 2.09. The largest absolute Gasteiger partial charge is 0.325 e. The molecule has 0 aliphatic carbocycles. The van der Waals surface area contributed by atoms with Crippen LogP contribution in [0.25, 0.3) is 0 Å². The van der Waals surface area contributed by atoms with Gasteiger partial charge in [-0.2, -0.15) is 0 Å². The van der Waals surface area contributed by atoms with Crippen LogP contribution in [-0.4, -0.2) is 24.0 Å². The van der Waals surface area contributed by atoms with E-state index < -0.39 is 0 Å². The number of hydrogen-bond donors (Lipinski definition) is 1. The predicted molar refractivity (Wildman–Crippen MR) is 86.1 cm³/mol. The maximum Gasteiger partial charge on any atom is 0.321 e. The molecule has 0 aliphatic rings. The SMILES string of the molecule is CCCCCN(CCCCC)C(=O)Nc1ccccc1. The summed E-state index contributed by atoms with van der Waals surface area (Å²) >= 11 is 0. The molecule has 3 heteroatoms. The second-order valence-electron chi connectivity index (χ2n) is 5.20. The molecule has 0 atom stereocenters. The normalized spacial score (nSPS) is 10.3. The fourth-order valence-electron chi connectivity index (χ4n) is 2.14. The van der Waals surface area contributed by atoms with Gasteiger partial charge in [-0.25, -0.2) is 4.79 Å². The number of nitrogens with one attached hydrogen (secondary N) is 1. The standard InChI is InChI=1S/C17H28N2O/c1-3-5-10-14-19(15-11-6-4-2)17(20)18-16-12-8-7-9-13-16/h7-9,12-13H,3-6,10-11,14-15H2,1-2H3,(H,18,20). The monoisotopic (exact) mass is 276 g/mol. The van der Waals surface area contributed by atoms with Gasteiger partial charge in [0.05, 0.1) is 0 Å². The molecule has 1 aromatic rings. The van der Waals surface area contributed by atoms with Crippen molar-refractivity contribution in [2.45, 2.75) is 52.4 Å². The van der Waals surface area contributed by atoms with Crippen molar-refractivity contribution in [3.05, 3.63) is 30.3 Å². The summed E-state index contributed by atoms with van der Waals surface area (Å²) < 4.78 is 0. The molecule has 1 N–H and O–H groups in total. The average Bonchev–Trinajstić information content (AvgIpc) is 2.47. The molecule has 112 valence electrons.